The maximum Gasteiger partial charge on any atom is 0.257 e. The second-order valence-electron chi connectivity index (χ2n) is 4.02. The fraction of sp³-hybridized carbons (Fsp3) is 0.0714. The maximum atomic E-state index is 12.3. The Hall–Kier alpha value is -0.980. The molecule has 0 aromatic heterocycles. The summed E-state index contributed by atoms with van der Waals surface area (Å²) in [4.78, 5) is 12.3. The Balaban J connectivity index is 2.30. The number of carbonyl (C=O) groups is 1. The first kappa shape index (κ1) is 15.4. The van der Waals surface area contributed by atoms with Gasteiger partial charge in [0.25, 0.3) is 5.91 Å². The number of anilines is 2. The zero-order chi connectivity index (χ0) is 14.7. The molecule has 20 heavy (non-hydrogen) atoms. The molecule has 2 rings (SSSR count). The first-order chi connectivity index (χ1) is 9.51. The molecular weight excluding hydrogens is 410 g/mol. The molecule has 0 spiro atoms. The van der Waals surface area contributed by atoms with Crippen LogP contribution < -0.4 is 10.6 Å². The molecule has 0 saturated carbocycles. The lowest BCUT2D eigenvalue weighted by molar-refractivity contribution is 0.102. The lowest BCUT2D eigenvalue weighted by Gasteiger charge is -2.11. The third-order valence-electron chi connectivity index (χ3n) is 2.67. The van der Waals surface area contributed by atoms with Gasteiger partial charge in [-0.15, -0.1) is 0 Å². The summed E-state index contributed by atoms with van der Waals surface area (Å²) in [6.07, 6.45) is 0. The molecule has 0 atom stereocenters. The molecular formula is C14H11Cl2IN2O. The minimum atomic E-state index is -0.264. The average molecular weight is 421 g/mol. The summed E-state index contributed by atoms with van der Waals surface area (Å²) in [6, 6.07) is 10.5. The van der Waals surface area contributed by atoms with Crippen molar-refractivity contribution in [2.24, 2.45) is 0 Å². The molecule has 0 saturated heterocycles. The van der Waals surface area contributed by atoms with E-state index in [1.165, 1.54) is 0 Å². The zero-order valence-electron chi connectivity index (χ0n) is 10.5. The van der Waals surface area contributed by atoms with Gasteiger partial charge in [-0.3, -0.25) is 4.79 Å². The SMILES string of the molecule is CNc1ccc(Cl)cc1C(=O)Nc1ccc(I)cc1Cl. The summed E-state index contributed by atoms with van der Waals surface area (Å²) in [7, 11) is 1.75. The third-order valence-corrected chi connectivity index (χ3v) is 3.89. The molecule has 0 bridgehead atoms. The Morgan fingerprint density at radius 1 is 1.10 bits per heavy atom. The molecule has 0 aliphatic heterocycles. The number of halogens is 3. The van der Waals surface area contributed by atoms with E-state index in [-0.39, 0.29) is 5.91 Å². The summed E-state index contributed by atoms with van der Waals surface area (Å²) in [5.74, 6) is -0.264. The fourth-order valence-electron chi connectivity index (χ4n) is 1.70. The van der Waals surface area contributed by atoms with Crippen LogP contribution in [0.3, 0.4) is 0 Å². The van der Waals surface area contributed by atoms with Crippen molar-refractivity contribution in [1.82, 2.24) is 0 Å². The van der Waals surface area contributed by atoms with Crippen LogP contribution in [-0.4, -0.2) is 13.0 Å². The van der Waals surface area contributed by atoms with Crippen LogP contribution in [0.2, 0.25) is 10.0 Å². The highest BCUT2D eigenvalue weighted by molar-refractivity contribution is 14.1. The molecule has 2 aromatic rings. The predicted molar refractivity (Wildman–Crippen MR) is 93.1 cm³/mol. The molecule has 6 heteroatoms. The molecule has 2 N–H and O–H groups in total. The highest BCUT2D eigenvalue weighted by Crippen LogP contribution is 2.26. The Morgan fingerprint density at radius 3 is 2.45 bits per heavy atom. The summed E-state index contributed by atoms with van der Waals surface area (Å²) in [5, 5.41) is 6.74. The van der Waals surface area contributed by atoms with Gasteiger partial charge >= 0.3 is 0 Å². The Kier molecular flexibility index (Phi) is 5.12. The minimum absolute atomic E-state index is 0.264. The van der Waals surface area contributed by atoms with E-state index in [9.17, 15) is 4.79 Å². The van der Waals surface area contributed by atoms with Crippen molar-refractivity contribution in [3.05, 3.63) is 55.6 Å². The fourth-order valence-corrected chi connectivity index (χ4v) is 2.78. The van der Waals surface area contributed by atoms with Crippen LogP contribution >= 0.6 is 45.8 Å². The number of amides is 1. The lowest BCUT2D eigenvalue weighted by atomic mass is 10.1. The van der Waals surface area contributed by atoms with Crippen molar-refractivity contribution in [1.29, 1.82) is 0 Å². The summed E-state index contributed by atoms with van der Waals surface area (Å²) in [6.45, 7) is 0. The Morgan fingerprint density at radius 2 is 1.80 bits per heavy atom. The van der Waals surface area contributed by atoms with Crippen molar-refractivity contribution in [2.75, 3.05) is 17.7 Å². The van der Waals surface area contributed by atoms with Crippen molar-refractivity contribution < 1.29 is 4.79 Å². The second-order valence-corrected chi connectivity index (χ2v) is 6.11. The van der Waals surface area contributed by atoms with Crippen molar-refractivity contribution in [3.63, 3.8) is 0 Å². The van der Waals surface area contributed by atoms with E-state index < -0.39 is 0 Å². The topological polar surface area (TPSA) is 41.1 Å². The van der Waals surface area contributed by atoms with Crippen LogP contribution in [0.4, 0.5) is 11.4 Å². The molecule has 0 aliphatic carbocycles. The van der Waals surface area contributed by atoms with E-state index in [0.717, 1.165) is 3.57 Å². The van der Waals surface area contributed by atoms with Crippen LogP contribution in [-0.2, 0) is 0 Å². The van der Waals surface area contributed by atoms with E-state index in [0.29, 0.717) is 27.0 Å². The van der Waals surface area contributed by atoms with Gasteiger partial charge in [-0.05, 0) is 59.0 Å². The van der Waals surface area contributed by atoms with Gasteiger partial charge < -0.3 is 10.6 Å². The second kappa shape index (κ2) is 6.65. The lowest BCUT2D eigenvalue weighted by Crippen LogP contribution is -2.14. The summed E-state index contributed by atoms with van der Waals surface area (Å²) < 4.78 is 1.00. The summed E-state index contributed by atoms with van der Waals surface area (Å²) in [5.41, 5.74) is 1.74. The van der Waals surface area contributed by atoms with E-state index in [4.69, 9.17) is 23.2 Å². The molecule has 1 amide bonds. The smallest absolute Gasteiger partial charge is 0.257 e. The number of rotatable bonds is 3. The Bertz CT molecular complexity index is 662. The zero-order valence-corrected chi connectivity index (χ0v) is 14.2. The van der Waals surface area contributed by atoms with Crippen molar-refractivity contribution in [3.8, 4) is 0 Å². The predicted octanol–water partition coefficient (Wildman–Crippen LogP) is 4.89. The number of hydrogen-bond donors (Lipinski definition) is 2. The molecule has 0 unspecified atom stereocenters. The highest BCUT2D eigenvalue weighted by atomic mass is 127. The first-order valence-corrected chi connectivity index (χ1v) is 7.58. The van der Waals surface area contributed by atoms with Gasteiger partial charge in [-0.25, -0.2) is 0 Å². The monoisotopic (exact) mass is 420 g/mol. The van der Waals surface area contributed by atoms with Crippen LogP contribution in [0.15, 0.2) is 36.4 Å². The molecule has 0 heterocycles. The van der Waals surface area contributed by atoms with E-state index in [1.54, 1.807) is 37.4 Å². The van der Waals surface area contributed by atoms with E-state index in [1.807, 2.05) is 6.07 Å². The van der Waals surface area contributed by atoms with Gasteiger partial charge in [0.1, 0.15) is 0 Å². The third kappa shape index (κ3) is 3.56. The van der Waals surface area contributed by atoms with Crippen LogP contribution in [0.5, 0.6) is 0 Å². The largest absolute Gasteiger partial charge is 0.387 e. The minimum Gasteiger partial charge on any atom is -0.387 e. The van der Waals surface area contributed by atoms with Gasteiger partial charge in [0.15, 0.2) is 0 Å². The summed E-state index contributed by atoms with van der Waals surface area (Å²) >= 11 is 14.2. The highest BCUT2D eigenvalue weighted by Gasteiger charge is 2.13. The van der Waals surface area contributed by atoms with Crippen LogP contribution in [0.1, 0.15) is 10.4 Å². The molecule has 0 aliphatic rings. The Labute approximate surface area is 140 Å². The molecule has 104 valence electrons. The van der Waals surface area contributed by atoms with Crippen LogP contribution in [0, 0.1) is 3.57 Å². The van der Waals surface area contributed by atoms with Gasteiger partial charge in [-0.2, -0.15) is 0 Å². The average Bonchev–Trinajstić information content (AvgIpc) is 2.41. The van der Waals surface area contributed by atoms with Gasteiger partial charge in [0.05, 0.1) is 16.3 Å². The van der Waals surface area contributed by atoms with Crippen molar-refractivity contribution >= 4 is 63.1 Å². The molecule has 0 radical (unpaired) electrons. The van der Waals surface area contributed by atoms with E-state index >= 15 is 0 Å². The van der Waals surface area contributed by atoms with Gasteiger partial charge in [0, 0.05) is 21.3 Å². The molecule has 3 nitrogen and oxygen atoms in total. The number of carbonyl (C=O) groups excluding carboxylic acids is 1. The van der Waals surface area contributed by atoms with Crippen molar-refractivity contribution in [2.45, 2.75) is 0 Å². The molecule has 0 fully saturated rings. The number of hydrogen-bond acceptors (Lipinski definition) is 2. The maximum absolute atomic E-state index is 12.3. The first-order valence-electron chi connectivity index (χ1n) is 5.75. The molecule has 2 aromatic carbocycles. The standard InChI is InChI=1S/C14H11Cl2IN2O/c1-18-12-4-2-8(15)6-10(12)14(20)19-13-5-3-9(17)7-11(13)16/h2-7,18H,1H3,(H,19,20). The van der Waals surface area contributed by atoms with Crippen LogP contribution in [0.25, 0.3) is 0 Å². The van der Waals surface area contributed by atoms with Gasteiger partial charge in [-0.1, -0.05) is 23.2 Å². The van der Waals surface area contributed by atoms with Gasteiger partial charge in [0.2, 0.25) is 0 Å². The quantitative estimate of drug-likeness (QED) is 0.694. The number of benzene rings is 2. The number of nitrogens with one attached hydrogen (secondary N) is 2. The normalized spacial score (nSPS) is 10.2. The van der Waals surface area contributed by atoms with E-state index in [2.05, 4.69) is 33.2 Å².